The van der Waals surface area contributed by atoms with Crippen LogP contribution in [0.3, 0.4) is 0 Å². The molecule has 2 N–H and O–H groups in total. The number of anilines is 1. The summed E-state index contributed by atoms with van der Waals surface area (Å²) in [4.78, 5) is 44.2. The average Bonchev–Trinajstić information content (AvgIpc) is 3.07. The number of aromatic amines is 1. The van der Waals surface area contributed by atoms with Crippen LogP contribution < -0.4 is 10.9 Å². The second-order valence-electron chi connectivity index (χ2n) is 6.38. The Labute approximate surface area is 166 Å². The van der Waals surface area contributed by atoms with Crippen LogP contribution in [0.5, 0.6) is 0 Å². The second-order valence-corrected chi connectivity index (χ2v) is 6.38. The zero-order chi connectivity index (χ0) is 21.1. The molecule has 9 heteroatoms. The molecular formula is C20H21N5O4. The summed E-state index contributed by atoms with van der Waals surface area (Å²) < 4.78 is 6.09. The van der Waals surface area contributed by atoms with Gasteiger partial charge in [0.15, 0.2) is 0 Å². The second kappa shape index (κ2) is 8.09. The van der Waals surface area contributed by atoms with Crippen molar-refractivity contribution in [1.29, 1.82) is 0 Å². The number of hydrogen-bond donors (Lipinski definition) is 2. The molecule has 0 aliphatic carbocycles. The van der Waals surface area contributed by atoms with Crippen LogP contribution >= 0.6 is 0 Å². The number of hydrogen-bond acceptors (Lipinski definition) is 6. The lowest BCUT2D eigenvalue weighted by atomic mass is 10.1. The Kier molecular flexibility index (Phi) is 5.58. The predicted octanol–water partition coefficient (Wildman–Crippen LogP) is 2.17. The van der Waals surface area contributed by atoms with Crippen molar-refractivity contribution < 1.29 is 14.3 Å². The molecule has 1 amide bonds. The van der Waals surface area contributed by atoms with E-state index >= 15 is 0 Å². The van der Waals surface area contributed by atoms with Gasteiger partial charge >= 0.3 is 5.97 Å². The molecule has 9 nitrogen and oxygen atoms in total. The van der Waals surface area contributed by atoms with Crippen LogP contribution in [0.15, 0.2) is 35.1 Å². The van der Waals surface area contributed by atoms with Crippen molar-refractivity contribution >= 4 is 17.7 Å². The molecule has 0 bridgehead atoms. The van der Waals surface area contributed by atoms with E-state index in [4.69, 9.17) is 4.74 Å². The monoisotopic (exact) mass is 395 g/mol. The quantitative estimate of drug-likeness (QED) is 0.639. The fraction of sp³-hybridized carbons (Fsp3) is 0.250. The maximum Gasteiger partial charge on any atom is 0.338 e. The molecule has 29 heavy (non-hydrogen) atoms. The first kappa shape index (κ1) is 20.0. The van der Waals surface area contributed by atoms with Crippen molar-refractivity contribution in [1.82, 2.24) is 19.7 Å². The maximum atomic E-state index is 12.8. The molecule has 150 valence electrons. The third kappa shape index (κ3) is 3.93. The number of methoxy groups -OCH3 is 1. The molecule has 0 spiro atoms. The molecule has 1 aromatic carbocycles. The molecule has 0 atom stereocenters. The first-order valence-electron chi connectivity index (χ1n) is 9.01. The molecule has 2 heterocycles. The molecule has 0 aliphatic rings. The zero-order valence-corrected chi connectivity index (χ0v) is 16.6. The van der Waals surface area contributed by atoms with Gasteiger partial charge in [0, 0.05) is 17.3 Å². The number of amides is 1. The highest BCUT2D eigenvalue weighted by Gasteiger charge is 2.20. The Balaban J connectivity index is 2.01. The summed E-state index contributed by atoms with van der Waals surface area (Å²) in [7, 11) is 1.25. The van der Waals surface area contributed by atoms with Gasteiger partial charge in [0.25, 0.3) is 11.5 Å². The Morgan fingerprint density at radius 2 is 1.90 bits per heavy atom. The largest absolute Gasteiger partial charge is 0.465 e. The van der Waals surface area contributed by atoms with E-state index in [0.717, 1.165) is 0 Å². The number of ether oxygens (including phenoxy) is 1. The summed E-state index contributed by atoms with van der Waals surface area (Å²) in [6.07, 6.45) is 0.556. The number of H-pyrrole nitrogens is 1. The molecule has 0 saturated heterocycles. The van der Waals surface area contributed by atoms with Gasteiger partial charge in [-0.2, -0.15) is 9.78 Å². The number of aromatic nitrogens is 4. The van der Waals surface area contributed by atoms with Crippen LogP contribution in [-0.4, -0.2) is 38.7 Å². The summed E-state index contributed by atoms with van der Waals surface area (Å²) in [5.41, 5.74) is 1.84. The van der Waals surface area contributed by atoms with E-state index in [1.807, 2.05) is 6.92 Å². The smallest absolute Gasteiger partial charge is 0.338 e. The topological polar surface area (TPSA) is 119 Å². The van der Waals surface area contributed by atoms with Crippen LogP contribution in [0.2, 0.25) is 0 Å². The maximum absolute atomic E-state index is 12.8. The van der Waals surface area contributed by atoms with Gasteiger partial charge in [0.1, 0.15) is 5.82 Å². The van der Waals surface area contributed by atoms with Gasteiger partial charge in [-0.25, -0.2) is 9.78 Å². The summed E-state index contributed by atoms with van der Waals surface area (Å²) in [6, 6.07) is 7.96. The predicted molar refractivity (Wildman–Crippen MR) is 107 cm³/mol. The van der Waals surface area contributed by atoms with Crippen LogP contribution in [-0.2, 0) is 11.2 Å². The molecule has 0 unspecified atom stereocenters. The summed E-state index contributed by atoms with van der Waals surface area (Å²) >= 11 is 0. The van der Waals surface area contributed by atoms with E-state index < -0.39 is 11.9 Å². The van der Waals surface area contributed by atoms with Gasteiger partial charge in [0.05, 0.1) is 23.9 Å². The lowest BCUT2D eigenvalue weighted by Crippen LogP contribution is -2.22. The highest BCUT2D eigenvalue weighted by molar-refractivity contribution is 6.10. The number of nitrogens with zero attached hydrogens (tertiary/aromatic N) is 3. The third-order valence-corrected chi connectivity index (χ3v) is 4.41. The first-order chi connectivity index (χ1) is 13.8. The number of carbonyl (C=O) groups excluding carboxylic acids is 2. The Morgan fingerprint density at radius 3 is 2.52 bits per heavy atom. The van der Waals surface area contributed by atoms with Crippen molar-refractivity contribution in [3.05, 3.63) is 68.8 Å². The summed E-state index contributed by atoms with van der Waals surface area (Å²) in [6.45, 7) is 5.38. The number of carbonyl (C=O) groups is 2. The van der Waals surface area contributed by atoms with Crippen molar-refractivity contribution in [3.8, 4) is 5.95 Å². The van der Waals surface area contributed by atoms with Crippen molar-refractivity contribution in [2.45, 2.75) is 27.2 Å². The molecule has 0 radical (unpaired) electrons. The van der Waals surface area contributed by atoms with Gasteiger partial charge in [-0.15, -0.1) is 0 Å². The fourth-order valence-corrected chi connectivity index (χ4v) is 3.01. The number of benzene rings is 1. The SMILES string of the molecule is CCc1c(C)nc(-n2nc(C)cc2NC(=O)c2ccccc2C(=O)OC)[nH]c1=O. The fourth-order valence-electron chi connectivity index (χ4n) is 3.01. The van der Waals surface area contributed by atoms with Crippen molar-refractivity contribution in [3.63, 3.8) is 0 Å². The minimum absolute atomic E-state index is 0.143. The minimum Gasteiger partial charge on any atom is -0.465 e. The van der Waals surface area contributed by atoms with E-state index in [1.54, 1.807) is 32.0 Å². The van der Waals surface area contributed by atoms with E-state index in [2.05, 4.69) is 20.4 Å². The number of esters is 1. The van der Waals surface area contributed by atoms with Crippen molar-refractivity contribution in [2.24, 2.45) is 0 Å². The standard InChI is InChI=1S/C20H21N5O4/c1-5-13-12(3)21-20(23-17(13)26)25-16(10-11(2)24-25)22-18(27)14-8-6-7-9-15(14)19(28)29-4/h6-10H,5H2,1-4H3,(H,22,27)(H,21,23,26). The lowest BCUT2D eigenvalue weighted by molar-refractivity contribution is 0.0597. The lowest BCUT2D eigenvalue weighted by Gasteiger charge is -2.11. The van der Waals surface area contributed by atoms with E-state index in [1.165, 1.54) is 23.9 Å². The molecule has 3 aromatic rings. The molecule has 2 aromatic heterocycles. The normalized spacial score (nSPS) is 10.6. The molecule has 0 aliphatic heterocycles. The van der Waals surface area contributed by atoms with E-state index in [0.29, 0.717) is 29.2 Å². The van der Waals surface area contributed by atoms with Crippen LogP contribution in [0.4, 0.5) is 5.82 Å². The highest BCUT2D eigenvalue weighted by Crippen LogP contribution is 2.18. The number of aryl methyl sites for hydroxylation is 2. The average molecular weight is 395 g/mol. The van der Waals surface area contributed by atoms with Gasteiger partial charge in [0.2, 0.25) is 5.95 Å². The highest BCUT2D eigenvalue weighted by atomic mass is 16.5. The molecule has 3 rings (SSSR count). The Hall–Kier alpha value is -3.75. The van der Waals surface area contributed by atoms with Crippen LogP contribution in [0.25, 0.3) is 5.95 Å². The Morgan fingerprint density at radius 1 is 1.21 bits per heavy atom. The van der Waals surface area contributed by atoms with Crippen LogP contribution in [0.1, 0.15) is 44.6 Å². The van der Waals surface area contributed by atoms with Crippen molar-refractivity contribution in [2.75, 3.05) is 12.4 Å². The number of nitrogens with one attached hydrogen (secondary N) is 2. The van der Waals surface area contributed by atoms with E-state index in [9.17, 15) is 14.4 Å². The van der Waals surface area contributed by atoms with Gasteiger partial charge in [-0.3, -0.25) is 14.6 Å². The van der Waals surface area contributed by atoms with E-state index in [-0.39, 0.29) is 22.6 Å². The van der Waals surface area contributed by atoms with Gasteiger partial charge in [-0.1, -0.05) is 19.1 Å². The van der Waals surface area contributed by atoms with Gasteiger partial charge in [-0.05, 0) is 32.4 Å². The first-order valence-corrected chi connectivity index (χ1v) is 9.01. The number of rotatable bonds is 5. The molecule has 0 fully saturated rings. The zero-order valence-electron chi connectivity index (χ0n) is 16.6. The molecule has 0 saturated carbocycles. The van der Waals surface area contributed by atoms with Crippen LogP contribution in [0, 0.1) is 13.8 Å². The van der Waals surface area contributed by atoms with Gasteiger partial charge < -0.3 is 10.1 Å². The third-order valence-electron chi connectivity index (χ3n) is 4.41. The molecular weight excluding hydrogens is 374 g/mol. The minimum atomic E-state index is -0.614. The summed E-state index contributed by atoms with van der Waals surface area (Å²) in [5.74, 6) is -0.637. The summed E-state index contributed by atoms with van der Waals surface area (Å²) in [5, 5.41) is 7.04. The Bertz CT molecular complexity index is 1150.